The van der Waals surface area contributed by atoms with E-state index in [9.17, 15) is 0 Å². The van der Waals surface area contributed by atoms with Crippen molar-refractivity contribution in [2.45, 2.75) is 31.6 Å². The average Bonchev–Trinajstić information content (AvgIpc) is 2.40. The number of hydrogen-bond acceptors (Lipinski definition) is 3. The van der Waals surface area contributed by atoms with Crippen molar-refractivity contribution in [1.29, 1.82) is 0 Å². The zero-order valence-electron chi connectivity index (χ0n) is 11.3. The Kier molecular flexibility index (Phi) is 5.16. The number of H-pyrrole nitrogens is 1. The fourth-order valence-electron chi connectivity index (χ4n) is 1.92. The Morgan fingerprint density at radius 2 is 1.95 bits per heavy atom. The van der Waals surface area contributed by atoms with E-state index in [0.29, 0.717) is 4.64 Å². The number of aryl methyl sites for hydroxylation is 1. The van der Waals surface area contributed by atoms with E-state index in [1.165, 1.54) is 4.90 Å². The predicted octanol–water partition coefficient (Wildman–Crippen LogP) is 4.87. The fraction of sp³-hybridized carbons (Fsp3) is 0.333. The highest BCUT2D eigenvalue weighted by Gasteiger charge is 2.02. The van der Waals surface area contributed by atoms with E-state index in [-0.39, 0.29) is 0 Å². The number of nitrogens with one attached hydrogen (secondary N) is 1. The number of thioether (sulfide) groups is 1. The molecule has 0 fully saturated rings. The molecular weight excluding hydrogens is 272 g/mol. The third-order valence-electron chi connectivity index (χ3n) is 2.76. The van der Waals surface area contributed by atoms with Gasteiger partial charge in [-0.25, -0.2) is 4.98 Å². The molecule has 0 aliphatic carbocycles. The first-order chi connectivity index (χ1) is 9.22. The van der Waals surface area contributed by atoms with E-state index in [4.69, 9.17) is 12.2 Å². The maximum absolute atomic E-state index is 5.23. The Labute approximate surface area is 123 Å². The van der Waals surface area contributed by atoms with Crippen LogP contribution in [0.5, 0.6) is 0 Å². The molecule has 0 aliphatic rings. The highest BCUT2D eigenvalue weighted by Crippen LogP contribution is 2.22. The van der Waals surface area contributed by atoms with Crippen molar-refractivity contribution in [2.75, 3.05) is 5.75 Å². The molecule has 0 bridgehead atoms. The minimum absolute atomic E-state index is 0.657. The van der Waals surface area contributed by atoms with Crippen LogP contribution in [0.2, 0.25) is 0 Å². The largest absolute Gasteiger partial charge is 0.343 e. The zero-order chi connectivity index (χ0) is 13.7. The molecule has 2 aromatic rings. The van der Waals surface area contributed by atoms with Gasteiger partial charge < -0.3 is 4.98 Å². The SMILES string of the molecule is CCCc1cc(=S)nc(-c2ccc(SCC)cc2)[nH]1. The second kappa shape index (κ2) is 6.87. The first kappa shape index (κ1) is 14.3. The van der Waals surface area contributed by atoms with Crippen LogP contribution in [-0.2, 0) is 6.42 Å². The van der Waals surface area contributed by atoms with Crippen molar-refractivity contribution < 1.29 is 0 Å². The monoisotopic (exact) mass is 290 g/mol. The highest BCUT2D eigenvalue weighted by atomic mass is 32.2. The molecule has 0 aliphatic heterocycles. The Bertz CT molecular complexity index is 588. The number of hydrogen-bond donors (Lipinski definition) is 1. The van der Waals surface area contributed by atoms with Crippen molar-refractivity contribution in [3.63, 3.8) is 0 Å². The smallest absolute Gasteiger partial charge is 0.139 e. The predicted molar refractivity (Wildman–Crippen MR) is 85.3 cm³/mol. The van der Waals surface area contributed by atoms with Crippen LogP contribution in [0, 0.1) is 4.64 Å². The molecule has 100 valence electrons. The molecule has 0 saturated heterocycles. The van der Waals surface area contributed by atoms with Crippen LogP contribution < -0.4 is 0 Å². The Morgan fingerprint density at radius 1 is 1.21 bits per heavy atom. The molecule has 1 aromatic carbocycles. The molecule has 4 heteroatoms. The van der Waals surface area contributed by atoms with Crippen molar-refractivity contribution in [1.82, 2.24) is 9.97 Å². The van der Waals surface area contributed by atoms with Gasteiger partial charge in [-0.05, 0) is 30.4 Å². The van der Waals surface area contributed by atoms with E-state index >= 15 is 0 Å². The molecule has 0 atom stereocenters. The second-order valence-electron chi connectivity index (χ2n) is 4.30. The molecule has 1 heterocycles. The van der Waals surface area contributed by atoms with Gasteiger partial charge in [0.05, 0.1) is 0 Å². The summed E-state index contributed by atoms with van der Waals surface area (Å²) in [5.41, 5.74) is 2.24. The van der Waals surface area contributed by atoms with Crippen LogP contribution in [0.15, 0.2) is 35.2 Å². The highest BCUT2D eigenvalue weighted by molar-refractivity contribution is 7.99. The van der Waals surface area contributed by atoms with E-state index in [1.54, 1.807) is 0 Å². The molecule has 0 spiro atoms. The van der Waals surface area contributed by atoms with Gasteiger partial charge in [0.15, 0.2) is 0 Å². The molecule has 19 heavy (non-hydrogen) atoms. The van der Waals surface area contributed by atoms with Crippen LogP contribution in [0.3, 0.4) is 0 Å². The van der Waals surface area contributed by atoms with Gasteiger partial charge in [0.25, 0.3) is 0 Å². The Hall–Kier alpha value is -1.13. The Balaban J connectivity index is 2.32. The van der Waals surface area contributed by atoms with Gasteiger partial charge in [0.2, 0.25) is 0 Å². The lowest BCUT2D eigenvalue weighted by molar-refractivity contribution is 0.873. The van der Waals surface area contributed by atoms with E-state index in [0.717, 1.165) is 35.7 Å². The quantitative estimate of drug-likeness (QED) is 0.629. The summed E-state index contributed by atoms with van der Waals surface area (Å²) in [6, 6.07) is 10.4. The van der Waals surface area contributed by atoms with Crippen LogP contribution >= 0.6 is 24.0 Å². The maximum atomic E-state index is 5.23. The second-order valence-corrected chi connectivity index (χ2v) is 6.06. The normalized spacial score (nSPS) is 10.6. The van der Waals surface area contributed by atoms with Gasteiger partial charge in [-0.3, -0.25) is 0 Å². The van der Waals surface area contributed by atoms with Gasteiger partial charge in [-0.2, -0.15) is 0 Å². The van der Waals surface area contributed by atoms with E-state index in [2.05, 4.69) is 48.1 Å². The summed E-state index contributed by atoms with van der Waals surface area (Å²) in [4.78, 5) is 9.07. The topological polar surface area (TPSA) is 28.7 Å². The molecule has 2 nitrogen and oxygen atoms in total. The standard InChI is InChI=1S/C15H18N2S2/c1-3-5-12-10-14(18)17-15(16-12)11-6-8-13(9-7-11)19-4-2/h6-10H,3-5H2,1-2H3,(H,16,17,18). The van der Waals surface area contributed by atoms with Crippen LogP contribution in [0.1, 0.15) is 26.0 Å². The molecule has 2 rings (SSSR count). The first-order valence-electron chi connectivity index (χ1n) is 6.56. The van der Waals surface area contributed by atoms with Gasteiger partial charge >= 0.3 is 0 Å². The summed E-state index contributed by atoms with van der Waals surface area (Å²) < 4.78 is 0.657. The minimum Gasteiger partial charge on any atom is -0.343 e. The molecule has 1 N–H and O–H groups in total. The van der Waals surface area contributed by atoms with Gasteiger partial charge in [-0.15, -0.1) is 11.8 Å². The van der Waals surface area contributed by atoms with Gasteiger partial charge in [0.1, 0.15) is 10.5 Å². The van der Waals surface area contributed by atoms with Crippen LogP contribution in [0.4, 0.5) is 0 Å². The summed E-state index contributed by atoms with van der Waals surface area (Å²) in [7, 11) is 0. The molecule has 1 aromatic heterocycles. The summed E-state index contributed by atoms with van der Waals surface area (Å²) in [5.74, 6) is 1.95. The number of benzene rings is 1. The van der Waals surface area contributed by atoms with Crippen LogP contribution in [0.25, 0.3) is 11.4 Å². The summed E-state index contributed by atoms with van der Waals surface area (Å²) in [6.07, 6.45) is 2.10. The number of aromatic amines is 1. The first-order valence-corrected chi connectivity index (χ1v) is 7.95. The minimum atomic E-state index is 0.657. The Morgan fingerprint density at radius 3 is 2.58 bits per heavy atom. The van der Waals surface area contributed by atoms with Crippen molar-refractivity contribution in [3.8, 4) is 11.4 Å². The lowest BCUT2D eigenvalue weighted by atomic mass is 10.2. The number of rotatable bonds is 5. The average molecular weight is 290 g/mol. The van der Waals surface area contributed by atoms with E-state index < -0.39 is 0 Å². The van der Waals surface area contributed by atoms with Crippen molar-refractivity contribution >= 4 is 24.0 Å². The summed E-state index contributed by atoms with van der Waals surface area (Å²) in [5, 5.41) is 0. The molecule has 0 amide bonds. The third kappa shape index (κ3) is 3.91. The molecule has 0 radical (unpaired) electrons. The summed E-state index contributed by atoms with van der Waals surface area (Å²) >= 11 is 7.08. The van der Waals surface area contributed by atoms with Crippen molar-refractivity contribution in [3.05, 3.63) is 40.7 Å². The fourth-order valence-corrected chi connectivity index (χ4v) is 2.82. The molecule has 0 unspecified atom stereocenters. The van der Waals surface area contributed by atoms with E-state index in [1.807, 2.05) is 17.8 Å². The lowest BCUT2D eigenvalue weighted by Crippen LogP contribution is -1.95. The van der Waals surface area contributed by atoms with Crippen LogP contribution in [-0.4, -0.2) is 15.7 Å². The molecule has 0 saturated carbocycles. The third-order valence-corrected chi connectivity index (χ3v) is 3.86. The lowest BCUT2D eigenvalue weighted by Gasteiger charge is -2.06. The number of nitrogens with zero attached hydrogens (tertiary/aromatic N) is 1. The summed E-state index contributed by atoms with van der Waals surface area (Å²) in [6.45, 7) is 4.32. The number of aromatic nitrogens is 2. The van der Waals surface area contributed by atoms with Gasteiger partial charge in [-0.1, -0.05) is 44.6 Å². The van der Waals surface area contributed by atoms with Crippen molar-refractivity contribution in [2.24, 2.45) is 0 Å². The zero-order valence-corrected chi connectivity index (χ0v) is 12.9. The molecular formula is C15H18N2S2. The maximum Gasteiger partial charge on any atom is 0.139 e. The van der Waals surface area contributed by atoms with Gasteiger partial charge in [0, 0.05) is 16.2 Å².